The highest BCUT2D eigenvalue weighted by Crippen LogP contribution is 2.42. The van der Waals surface area contributed by atoms with Gasteiger partial charge >= 0.3 is 0 Å². The zero-order chi connectivity index (χ0) is 12.5. The molecule has 0 amide bonds. The third-order valence-corrected chi connectivity index (χ3v) is 3.59. The summed E-state index contributed by atoms with van der Waals surface area (Å²) in [5.74, 6) is 0.644. The number of aliphatic hydroxyl groups excluding tert-OH is 1. The summed E-state index contributed by atoms with van der Waals surface area (Å²) in [5, 5.41) is 13.1. The maximum absolute atomic E-state index is 9.66. The fraction of sp³-hybridized carbons (Fsp3) is 0.615. The van der Waals surface area contributed by atoms with Crippen LogP contribution in [0.1, 0.15) is 27.2 Å². The number of ether oxygens (including phenoxy) is 1. The van der Waals surface area contributed by atoms with Gasteiger partial charge in [-0.25, -0.2) is 4.98 Å². The maximum atomic E-state index is 9.66. The highest BCUT2D eigenvalue weighted by atomic mass is 16.5. The number of hydrogen-bond acceptors (Lipinski definition) is 4. The van der Waals surface area contributed by atoms with E-state index >= 15 is 0 Å². The van der Waals surface area contributed by atoms with E-state index in [9.17, 15) is 5.11 Å². The molecule has 1 aromatic heterocycles. The molecule has 4 heteroatoms. The standard InChI is InChI=1S/C13H20N2O2/c1-4-17-12-6-5-9(8-14-12)15-10-7-11(16)13(10,2)3/h5-6,8,10-11,15-16H,4,7H2,1-3H3. The van der Waals surface area contributed by atoms with Gasteiger partial charge in [0, 0.05) is 17.5 Å². The number of aromatic nitrogens is 1. The monoisotopic (exact) mass is 236 g/mol. The Morgan fingerprint density at radius 2 is 2.29 bits per heavy atom. The lowest BCUT2D eigenvalue weighted by atomic mass is 9.64. The van der Waals surface area contributed by atoms with Gasteiger partial charge in [-0.2, -0.15) is 0 Å². The van der Waals surface area contributed by atoms with Gasteiger partial charge in [-0.15, -0.1) is 0 Å². The number of hydrogen-bond donors (Lipinski definition) is 2. The van der Waals surface area contributed by atoms with Crippen molar-refractivity contribution >= 4 is 5.69 Å². The molecule has 1 aliphatic carbocycles. The van der Waals surface area contributed by atoms with Crippen LogP contribution in [-0.2, 0) is 0 Å². The van der Waals surface area contributed by atoms with Crippen LogP contribution in [0, 0.1) is 5.41 Å². The van der Waals surface area contributed by atoms with E-state index in [0.717, 1.165) is 12.1 Å². The first kappa shape index (κ1) is 12.2. The molecule has 0 spiro atoms. The molecule has 2 atom stereocenters. The molecule has 1 aromatic rings. The summed E-state index contributed by atoms with van der Waals surface area (Å²) < 4.78 is 5.29. The van der Waals surface area contributed by atoms with E-state index in [1.54, 1.807) is 6.20 Å². The molecule has 4 nitrogen and oxygen atoms in total. The van der Waals surface area contributed by atoms with E-state index in [1.165, 1.54) is 0 Å². The Kier molecular flexibility index (Phi) is 3.24. The van der Waals surface area contributed by atoms with Crippen LogP contribution < -0.4 is 10.1 Å². The van der Waals surface area contributed by atoms with Crippen molar-refractivity contribution in [3.8, 4) is 5.88 Å². The molecule has 0 radical (unpaired) electrons. The fourth-order valence-electron chi connectivity index (χ4n) is 2.05. The molecule has 1 heterocycles. The van der Waals surface area contributed by atoms with Gasteiger partial charge in [0.1, 0.15) is 0 Å². The molecular formula is C13H20N2O2. The van der Waals surface area contributed by atoms with Crippen molar-refractivity contribution in [3.63, 3.8) is 0 Å². The lowest BCUT2D eigenvalue weighted by molar-refractivity contribution is -0.0510. The predicted molar refractivity (Wildman–Crippen MR) is 67.2 cm³/mol. The quantitative estimate of drug-likeness (QED) is 0.840. The van der Waals surface area contributed by atoms with Crippen molar-refractivity contribution in [3.05, 3.63) is 18.3 Å². The van der Waals surface area contributed by atoms with Gasteiger partial charge in [0.25, 0.3) is 0 Å². The van der Waals surface area contributed by atoms with Crippen molar-refractivity contribution < 1.29 is 9.84 Å². The number of anilines is 1. The molecule has 94 valence electrons. The summed E-state index contributed by atoms with van der Waals surface area (Å²) in [4.78, 5) is 4.20. The number of aliphatic hydroxyl groups is 1. The SMILES string of the molecule is CCOc1ccc(NC2CC(O)C2(C)C)cn1. The highest BCUT2D eigenvalue weighted by molar-refractivity contribution is 5.44. The normalized spacial score (nSPS) is 26.1. The summed E-state index contributed by atoms with van der Waals surface area (Å²) in [6, 6.07) is 4.12. The smallest absolute Gasteiger partial charge is 0.213 e. The van der Waals surface area contributed by atoms with Gasteiger partial charge in [-0.3, -0.25) is 0 Å². The molecule has 2 rings (SSSR count). The lowest BCUT2D eigenvalue weighted by Crippen LogP contribution is -2.56. The Bertz CT molecular complexity index is 376. The molecule has 1 fully saturated rings. The van der Waals surface area contributed by atoms with Gasteiger partial charge in [-0.05, 0) is 19.4 Å². The van der Waals surface area contributed by atoms with Crippen LogP contribution in [0.5, 0.6) is 5.88 Å². The van der Waals surface area contributed by atoms with E-state index in [-0.39, 0.29) is 11.5 Å². The van der Waals surface area contributed by atoms with Crippen molar-refractivity contribution in [1.82, 2.24) is 4.98 Å². The van der Waals surface area contributed by atoms with Gasteiger partial charge in [0.15, 0.2) is 0 Å². The second-order valence-corrected chi connectivity index (χ2v) is 5.09. The minimum absolute atomic E-state index is 0.0708. The summed E-state index contributed by atoms with van der Waals surface area (Å²) >= 11 is 0. The largest absolute Gasteiger partial charge is 0.478 e. The van der Waals surface area contributed by atoms with Crippen molar-refractivity contribution in [2.24, 2.45) is 5.41 Å². The van der Waals surface area contributed by atoms with Crippen LogP contribution in [-0.4, -0.2) is 28.8 Å². The average molecular weight is 236 g/mol. The minimum Gasteiger partial charge on any atom is -0.478 e. The van der Waals surface area contributed by atoms with E-state index in [2.05, 4.69) is 24.1 Å². The fourth-order valence-corrected chi connectivity index (χ4v) is 2.05. The first-order chi connectivity index (χ1) is 8.04. The Hall–Kier alpha value is -1.29. The van der Waals surface area contributed by atoms with Crippen LogP contribution in [0.15, 0.2) is 18.3 Å². The van der Waals surface area contributed by atoms with Gasteiger partial charge in [0.05, 0.1) is 24.6 Å². The Morgan fingerprint density at radius 3 is 2.76 bits per heavy atom. The molecule has 2 unspecified atom stereocenters. The maximum Gasteiger partial charge on any atom is 0.213 e. The molecule has 0 aliphatic heterocycles. The van der Waals surface area contributed by atoms with Crippen LogP contribution in [0.3, 0.4) is 0 Å². The lowest BCUT2D eigenvalue weighted by Gasteiger charge is -2.49. The van der Waals surface area contributed by atoms with Crippen molar-refractivity contribution in [2.45, 2.75) is 39.3 Å². The first-order valence-electron chi connectivity index (χ1n) is 6.07. The summed E-state index contributed by atoms with van der Waals surface area (Å²) in [7, 11) is 0. The zero-order valence-corrected chi connectivity index (χ0v) is 10.6. The van der Waals surface area contributed by atoms with E-state index in [4.69, 9.17) is 4.74 Å². The summed E-state index contributed by atoms with van der Waals surface area (Å²) in [5.41, 5.74) is 0.900. The zero-order valence-electron chi connectivity index (χ0n) is 10.6. The first-order valence-corrected chi connectivity index (χ1v) is 6.07. The second-order valence-electron chi connectivity index (χ2n) is 5.09. The number of nitrogens with zero attached hydrogens (tertiary/aromatic N) is 1. The summed E-state index contributed by atoms with van der Waals surface area (Å²) in [6.07, 6.45) is 2.35. The van der Waals surface area contributed by atoms with Crippen molar-refractivity contribution in [1.29, 1.82) is 0 Å². The predicted octanol–water partition coefficient (Wildman–Crippen LogP) is 2.05. The third kappa shape index (κ3) is 2.36. The topological polar surface area (TPSA) is 54.4 Å². The second kappa shape index (κ2) is 4.53. The molecule has 2 N–H and O–H groups in total. The molecule has 0 bridgehead atoms. The van der Waals surface area contributed by atoms with Gasteiger partial charge < -0.3 is 15.2 Å². The Labute approximate surface area is 102 Å². The van der Waals surface area contributed by atoms with Crippen LogP contribution in [0.25, 0.3) is 0 Å². The van der Waals surface area contributed by atoms with Crippen LogP contribution >= 0.6 is 0 Å². The minimum atomic E-state index is -0.212. The number of nitrogens with one attached hydrogen (secondary N) is 1. The van der Waals surface area contributed by atoms with Gasteiger partial charge in [0.2, 0.25) is 5.88 Å². The van der Waals surface area contributed by atoms with Crippen LogP contribution in [0.2, 0.25) is 0 Å². The summed E-state index contributed by atoms with van der Waals surface area (Å²) in [6.45, 7) is 6.70. The molecule has 17 heavy (non-hydrogen) atoms. The number of rotatable bonds is 4. The molecule has 0 aromatic carbocycles. The van der Waals surface area contributed by atoms with Crippen molar-refractivity contribution in [2.75, 3.05) is 11.9 Å². The van der Waals surface area contributed by atoms with E-state index < -0.39 is 0 Å². The molecule has 1 aliphatic rings. The van der Waals surface area contributed by atoms with Crippen LogP contribution in [0.4, 0.5) is 5.69 Å². The highest BCUT2D eigenvalue weighted by Gasteiger charge is 2.47. The van der Waals surface area contributed by atoms with Gasteiger partial charge in [-0.1, -0.05) is 13.8 Å². The molecule has 1 saturated carbocycles. The van der Waals surface area contributed by atoms with E-state index in [0.29, 0.717) is 18.5 Å². The van der Waals surface area contributed by atoms with E-state index in [1.807, 2.05) is 19.1 Å². The third-order valence-electron chi connectivity index (χ3n) is 3.59. The molecule has 0 saturated heterocycles. The number of pyridine rings is 1. The molecular weight excluding hydrogens is 216 g/mol. The Morgan fingerprint density at radius 1 is 1.53 bits per heavy atom. The Balaban J connectivity index is 1.96. The average Bonchev–Trinajstić information content (AvgIpc) is 2.31.